The number of fused-ring (bicyclic) bond motifs is 1. The molecule has 2 aromatic carbocycles. The zero-order valence-electron chi connectivity index (χ0n) is 16.1. The summed E-state index contributed by atoms with van der Waals surface area (Å²) in [4.78, 5) is 26.1. The van der Waals surface area contributed by atoms with Crippen LogP contribution in [0, 0.1) is 0 Å². The van der Waals surface area contributed by atoms with E-state index in [0.29, 0.717) is 25.4 Å². The fraction of sp³-hybridized carbons (Fsp3) is 0.364. The molecule has 2 aliphatic rings. The van der Waals surface area contributed by atoms with Crippen molar-refractivity contribution >= 4 is 23.6 Å². The maximum Gasteiger partial charge on any atom is 0.243 e. The Hall–Kier alpha value is -2.67. The number of rotatable bonds is 8. The average molecular weight is 413 g/mol. The summed E-state index contributed by atoms with van der Waals surface area (Å²) in [6.07, 6.45) is 2.50. The average Bonchev–Trinajstić information content (AvgIpc) is 3.56. The molecule has 4 rings (SSSR count). The second kappa shape index (κ2) is 9.22. The highest BCUT2D eigenvalue weighted by molar-refractivity contribution is 8.00. The quantitative estimate of drug-likeness (QED) is 0.652. The molecule has 2 amide bonds. The Bertz CT molecular complexity index is 870. The zero-order valence-corrected chi connectivity index (χ0v) is 16.9. The molecule has 0 spiro atoms. The Kier molecular flexibility index (Phi) is 6.24. The highest BCUT2D eigenvalue weighted by atomic mass is 32.2. The lowest BCUT2D eigenvalue weighted by molar-refractivity contribution is -0.128. The largest absolute Gasteiger partial charge is 0.486 e. The third-order valence-electron chi connectivity index (χ3n) is 4.74. The monoisotopic (exact) mass is 412 g/mol. The molecule has 1 atom stereocenters. The van der Waals surface area contributed by atoms with Crippen molar-refractivity contribution in [2.45, 2.75) is 36.2 Å². The normalized spacial score (nSPS) is 16.0. The van der Waals surface area contributed by atoms with Crippen molar-refractivity contribution in [3.8, 4) is 11.5 Å². The molecule has 7 heteroatoms. The Balaban J connectivity index is 1.34. The van der Waals surface area contributed by atoms with E-state index in [4.69, 9.17) is 9.47 Å². The summed E-state index contributed by atoms with van der Waals surface area (Å²) in [6, 6.07) is 15.1. The van der Waals surface area contributed by atoms with Crippen molar-refractivity contribution in [1.82, 2.24) is 10.6 Å². The van der Waals surface area contributed by atoms with Crippen LogP contribution in [-0.2, 0) is 16.0 Å². The van der Waals surface area contributed by atoms with Gasteiger partial charge in [0.05, 0.1) is 5.75 Å². The van der Waals surface area contributed by atoms with E-state index in [2.05, 4.69) is 10.6 Å². The summed E-state index contributed by atoms with van der Waals surface area (Å²) in [5.41, 5.74) is 1.02. The summed E-state index contributed by atoms with van der Waals surface area (Å²) in [6.45, 7) is 1.08. The van der Waals surface area contributed by atoms with Crippen molar-refractivity contribution in [2.24, 2.45) is 0 Å². The first kappa shape index (κ1) is 19.6. The minimum absolute atomic E-state index is 0.117. The molecule has 0 bridgehead atoms. The summed E-state index contributed by atoms with van der Waals surface area (Å²) < 4.78 is 11.1. The fourth-order valence-electron chi connectivity index (χ4n) is 3.09. The lowest BCUT2D eigenvalue weighted by Gasteiger charge is -2.19. The number of benzene rings is 2. The first-order valence-electron chi connectivity index (χ1n) is 9.83. The standard InChI is InChI=1S/C22H24N2O4S/c25-21(14-29-17-8-9-19-20(13-17)28-11-10-27-19)24-18(22(26)23-16-6-7-16)12-15-4-2-1-3-5-15/h1-5,8-9,13,16,18H,6-7,10-12,14H2,(H,23,26)(H,24,25). The number of ether oxygens (including phenoxy) is 2. The van der Waals surface area contributed by atoms with E-state index in [9.17, 15) is 9.59 Å². The second-order valence-corrected chi connectivity index (χ2v) is 8.24. The second-order valence-electron chi connectivity index (χ2n) is 7.19. The van der Waals surface area contributed by atoms with E-state index in [1.54, 1.807) is 0 Å². The number of nitrogens with one attached hydrogen (secondary N) is 2. The molecule has 29 heavy (non-hydrogen) atoms. The van der Waals surface area contributed by atoms with E-state index in [1.165, 1.54) is 11.8 Å². The third kappa shape index (κ3) is 5.67. The maximum atomic E-state index is 12.6. The minimum atomic E-state index is -0.577. The van der Waals surface area contributed by atoms with Gasteiger partial charge in [0.2, 0.25) is 11.8 Å². The predicted octanol–water partition coefficient (Wildman–Crippen LogP) is 2.56. The number of amides is 2. The van der Waals surface area contributed by atoms with Gasteiger partial charge in [0.1, 0.15) is 19.3 Å². The van der Waals surface area contributed by atoms with Gasteiger partial charge in [-0.05, 0) is 36.6 Å². The van der Waals surface area contributed by atoms with Crippen LogP contribution >= 0.6 is 11.8 Å². The molecule has 1 aliphatic carbocycles. The highest BCUT2D eigenvalue weighted by Gasteiger charge is 2.28. The summed E-state index contributed by atoms with van der Waals surface area (Å²) in [5, 5.41) is 5.90. The smallest absolute Gasteiger partial charge is 0.243 e. The van der Waals surface area contributed by atoms with Gasteiger partial charge in [-0.15, -0.1) is 11.8 Å². The molecule has 2 aromatic rings. The molecule has 2 N–H and O–H groups in total. The Labute approximate surface area is 174 Å². The fourth-order valence-corrected chi connectivity index (χ4v) is 3.82. The molecule has 0 saturated heterocycles. The molecule has 1 heterocycles. The number of carbonyl (C=O) groups is 2. The first-order valence-corrected chi connectivity index (χ1v) is 10.8. The number of hydrogen-bond donors (Lipinski definition) is 2. The molecule has 0 radical (unpaired) electrons. The molecule has 152 valence electrons. The number of hydrogen-bond acceptors (Lipinski definition) is 5. The highest BCUT2D eigenvalue weighted by Crippen LogP contribution is 2.34. The molecule has 1 unspecified atom stereocenters. The van der Waals surface area contributed by atoms with Crippen LogP contribution in [-0.4, -0.2) is 42.9 Å². The first-order chi connectivity index (χ1) is 14.2. The van der Waals surface area contributed by atoms with Gasteiger partial charge >= 0.3 is 0 Å². The van der Waals surface area contributed by atoms with Gasteiger partial charge in [0.25, 0.3) is 0 Å². The van der Waals surface area contributed by atoms with Crippen LogP contribution in [0.5, 0.6) is 11.5 Å². The summed E-state index contributed by atoms with van der Waals surface area (Å²) in [5.74, 6) is 1.37. The minimum Gasteiger partial charge on any atom is -0.486 e. The van der Waals surface area contributed by atoms with Crippen LogP contribution in [0.2, 0.25) is 0 Å². The van der Waals surface area contributed by atoms with Crippen LogP contribution in [0.4, 0.5) is 0 Å². The molecule has 6 nitrogen and oxygen atoms in total. The van der Waals surface area contributed by atoms with Gasteiger partial charge in [0.15, 0.2) is 11.5 Å². The van der Waals surface area contributed by atoms with Gasteiger partial charge in [-0.25, -0.2) is 0 Å². The predicted molar refractivity (Wildman–Crippen MR) is 111 cm³/mol. The van der Waals surface area contributed by atoms with Crippen molar-refractivity contribution in [1.29, 1.82) is 0 Å². The van der Waals surface area contributed by atoms with E-state index < -0.39 is 6.04 Å². The van der Waals surface area contributed by atoms with Gasteiger partial charge in [0, 0.05) is 17.4 Å². The lowest BCUT2D eigenvalue weighted by Crippen LogP contribution is -2.49. The Morgan fingerprint density at radius 1 is 1.03 bits per heavy atom. The summed E-state index contributed by atoms with van der Waals surface area (Å²) >= 11 is 1.41. The van der Waals surface area contributed by atoms with Crippen LogP contribution < -0.4 is 20.1 Å². The van der Waals surface area contributed by atoms with E-state index in [0.717, 1.165) is 29.1 Å². The van der Waals surface area contributed by atoms with Gasteiger partial charge in [-0.2, -0.15) is 0 Å². The molecule has 1 fully saturated rings. The molecule has 1 aliphatic heterocycles. The van der Waals surface area contributed by atoms with Gasteiger partial charge in [-0.1, -0.05) is 30.3 Å². The van der Waals surface area contributed by atoms with Crippen LogP contribution in [0.3, 0.4) is 0 Å². The van der Waals surface area contributed by atoms with Crippen molar-refractivity contribution in [3.05, 3.63) is 54.1 Å². The van der Waals surface area contributed by atoms with Crippen LogP contribution in [0.1, 0.15) is 18.4 Å². The van der Waals surface area contributed by atoms with Gasteiger partial charge < -0.3 is 20.1 Å². The topological polar surface area (TPSA) is 76.7 Å². The van der Waals surface area contributed by atoms with E-state index >= 15 is 0 Å². The van der Waals surface area contributed by atoms with Gasteiger partial charge in [-0.3, -0.25) is 9.59 Å². The van der Waals surface area contributed by atoms with Crippen molar-refractivity contribution in [3.63, 3.8) is 0 Å². The Morgan fingerprint density at radius 2 is 1.79 bits per heavy atom. The molecule has 1 saturated carbocycles. The third-order valence-corrected chi connectivity index (χ3v) is 5.74. The zero-order chi connectivity index (χ0) is 20.1. The molecular formula is C22H24N2O4S. The van der Waals surface area contributed by atoms with Crippen molar-refractivity contribution in [2.75, 3.05) is 19.0 Å². The molecule has 0 aromatic heterocycles. The van der Waals surface area contributed by atoms with Crippen molar-refractivity contribution < 1.29 is 19.1 Å². The molecular weight excluding hydrogens is 388 g/mol. The maximum absolute atomic E-state index is 12.6. The van der Waals surface area contributed by atoms with Crippen LogP contribution in [0.15, 0.2) is 53.4 Å². The van der Waals surface area contributed by atoms with E-state index in [1.807, 2.05) is 48.5 Å². The van der Waals surface area contributed by atoms with E-state index in [-0.39, 0.29) is 23.6 Å². The lowest BCUT2D eigenvalue weighted by atomic mass is 10.1. The summed E-state index contributed by atoms with van der Waals surface area (Å²) in [7, 11) is 0. The van der Waals surface area contributed by atoms with Crippen LogP contribution in [0.25, 0.3) is 0 Å². The Morgan fingerprint density at radius 3 is 2.55 bits per heavy atom. The number of carbonyl (C=O) groups excluding carboxylic acids is 2. The number of thioether (sulfide) groups is 1. The SMILES string of the molecule is O=C(CSc1ccc2c(c1)OCCO2)NC(Cc1ccccc1)C(=O)NC1CC1.